The molecule has 1 aromatic carbocycles. The van der Waals surface area contributed by atoms with Gasteiger partial charge in [0.15, 0.2) is 8.32 Å². The zero-order valence-corrected chi connectivity index (χ0v) is 15.9. The van der Waals surface area contributed by atoms with E-state index in [0.29, 0.717) is 0 Å². The van der Waals surface area contributed by atoms with Crippen LogP contribution in [0.3, 0.4) is 0 Å². The van der Waals surface area contributed by atoms with Crippen molar-refractivity contribution >= 4 is 30.6 Å². The van der Waals surface area contributed by atoms with Gasteiger partial charge >= 0.3 is 0 Å². The molecule has 126 valence electrons. The summed E-state index contributed by atoms with van der Waals surface area (Å²) in [6.45, 7) is 13.0. The molecule has 0 aliphatic carbocycles. The Labute approximate surface area is 140 Å². The van der Waals surface area contributed by atoms with Gasteiger partial charge in [-0.15, -0.1) is 0 Å². The summed E-state index contributed by atoms with van der Waals surface area (Å²) in [6.07, 6.45) is 2.77. The number of nitrogens with zero attached hydrogens (tertiary/aromatic N) is 1. The van der Waals surface area contributed by atoms with Crippen molar-refractivity contribution in [2.75, 3.05) is 24.2 Å². The van der Waals surface area contributed by atoms with E-state index in [9.17, 15) is 0 Å². The molecule has 0 fully saturated rings. The summed E-state index contributed by atoms with van der Waals surface area (Å²) >= 11 is 0. The van der Waals surface area contributed by atoms with Crippen LogP contribution in [-0.2, 0) is 4.43 Å². The number of nitrogen functional groups attached to an aromatic ring is 1. The van der Waals surface area contributed by atoms with Gasteiger partial charge in [0.1, 0.15) is 0 Å². The highest BCUT2D eigenvalue weighted by Crippen LogP contribution is 2.36. The number of hydrogen-bond donors (Lipinski definition) is 2. The molecule has 0 unspecified atom stereocenters. The zero-order valence-electron chi connectivity index (χ0n) is 14.9. The third kappa shape index (κ3) is 4.23. The minimum atomic E-state index is -1.65. The van der Waals surface area contributed by atoms with E-state index in [1.165, 1.54) is 0 Å². The van der Waals surface area contributed by atoms with Crippen molar-refractivity contribution in [3.05, 3.63) is 30.5 Å². The number of nitrogens with one attached hydrogen (secondary N) is 1. The van der Waals surface area contributed by atoms with Crippen molar-refractivity contribution in [1.82, 2.24) is 4.98 Å². The van der Waals surface area contributed by atoms with Gasteiger partial charge in [-0.05, 0) is 30.6 Å². The van der Waals surface area contributed by atoms with Crippen LogP contribution < -0.4 is 11.1 Å². The van der Waals surface area contributed by atoms with E-state index < -0.39 is 8.32 Å². The number of fused-ring (bicyclic) bond motifs is 1. The van der Waals surface area contributed by atoms with Crippen molar-refractivity contribution in [3.8, 4) is 0 Å². The Morgan fingerprint density at radius 2 is 1.91 bits per heavy atom. The third-order valence-electron chi connectivity index (χ3n) is 4.72. The van der Waals surface area contributed by atoms with Crippen molar-refractivity contribution in [2.45, 2.75) is 45.3 Å². The Morgan fingerprint density at radius 1 is 1.22 bits per heavy atom. The Kier molecular flexibility index (Phi) is 5.32. The van der Waals surface area contributed by atoms with Gasteiger partial charge in [-0.1, -0.05) is 39.0 Å². The Morgan fingerprint density at radius 3 is 2.61 bits per heavy atom. The number of aromatic nitrogens is 1. The summed E-state index contributed by atoms with van der Waals surface area (Å²) < 4.78 is 6.18. The second-order valence-electron chi connectivity index (χ2n) is 7.49. The van der Waals surface area contributed by atoms with Gasteiger partial charge in [-0.2, -0.15) is 0 Å². The molecule has 0 aliphatic rings. The van der Waals surface area contributed by atoms with Crippen molar-refractivity contribution < 1.29 is 4.43 Å². The van der Waals surface area contributed by atoms with Crippen molar-refractivity contribution in [2.24, 2.45) is 0 Å². The number of para-hydroxylation sites is 1. The van der Waals surface area contributed by atoms with Gasteiger partial charge in [-0.25, -0.2) is 0 Å². The quantitative estimate of drug-likeness (QED) is 0.598. The van der Waals surface area contributed by atoms with Crippen LogP contribution in [0.4, 0.5) is 11.4 Å². The number of hydrogen-bond acceptors (Lipinski definition) is 4. The number of benzene rings is 1. The molecule has 23 heavy (non-hydrogen) atoms. The predicted octanol–water partition coefficient (Wildman–Crippen LogP) is 4.64. The first-order chi connectivity index (χ1) is 10.7. The maximum absolute atomic E-state index is 6.23. The standard InChI is InChI=1S/C18H29N3OSi/c1-18(2,3)23(4,5)22-12-8-11-20-16-13-21-15-10-7-6-9-14(15)17(16)19/h6-7,9-10,13,20H,8,11-12H2,1-5H3,(H2,19,21). The summed E-state index contributed by atoms with van der Waals surface area (Å²) in [5, 5.41) is 4.63. The zero-order chi connectivity index (χ0) is 17.1. The number of rotatable bonds is 6. The summed E-state index contributed by atoms with van der Waals surface area (Å²) in [5.41, 5.74) is 8.82. The summed E-state index contributed by atoms with van der Waals surface area (Å²) in [6, 6.07) is 7.93. The fraction of sp³-hybridized carbons (Fsp3) is 0.500. The molecule has 0 bridgehead atoms. The summed E-state index contributed by atoms with van der Waals surface area (Å²) in [7, 11) is -1.65. The average Bonchev–Trinajstić information content (AvgIpc) is 2.48. The number of anilines is 2. The number of nitrogens with two attached hydrogens (primary N) is 1. The fourth-order valence-corrected chi connectivity index (χ4v) is 3.23. The Hall–Kier alpha value is -1.59. The summed E-state index contributed by atoms with van der Waals surface area (Å²) in [5.74, 6) is 0. The largest absolute Gasteiger partial charge is 0.417 e. The van der Waals surface area contributed by atoms with Gasteiger partial charge in [0, 0.05) is 18.5 Å². The van der Waals surface area contributed by atoms with Crippen LogP contribution in [0, 0.1) is 0 Å². The Bertz CT molecular complexity index is 665. The van der Waals surface area contributed by atoms with E-state index in [4.69, 9.17) is 10.2 Å². The average molecular weight is 332 g/mol. The van der Waals surface area contributed by atoms with Crippen LogP contribution in [0.25, 0.3) is 10.9 Å². The van der Waals surface area contributed by atoms with Gasteiger partial charge in [0.2, 0.25) is 0 Å². The highest BCUT2D eigenvalue weighted by Gasteiger charge is 2.36. The molecule has 0 amide bonds. The molecule has 1 heterocycles. The maximum atomic E-state index is 6.23. The third-order valence-corrected chi connectivity index (χ3v) is 9.26. The molecule has 3 N–H and O–H groups in total. The lowest BCUT2D eigenvalue weighted by Crippen LogP contribution is -2.41. The molecular formula is C18H29N3OSi. The lowest BCUT2D eigenvalue weighted by Gasteiger charge is -2.36. The van der Waals surface area contributed by atoms with Crippen molar-refractivity contribution in [3.63, 3.8) is 0 Å². The van der Waals surface area contributed by atoms with E-state index in [1.807, 2.05) is 30.5 Å². The van der Waals surface area contributed by atoms with Crippen LogP contribution in [0.1, 0.15) is 27.2 Å². The van der Waals surface area contributed by atoms with Crippen LogP contribution in [0.2, 0.25) is 18.1 Å². The Balaban J connectivity index is 1.87. The molecule has 2 aromatic rings. The summed E-state index contributed by atoms with van der Waals surface area (Å²) in [4.78, 5) is 4.45. The first-order valence-corrected chi connectivity index (χ1v) is 11.1. The van der Waals surface area contributed by atoms with Crippen LogP contribution in [0.15, 0.2) is 30.5 Å². The molecule has 0 radical (unpaired) electrons. The minimum Gasteiger partial charge on any atom is -0.417 e. The highest BCUT2D eigenvalue weighted by molar-refractivity contribution is 6.74. The molecule has 2 rings (SSSR count). The smallest absolute Gasteiger partial charge is 0.191 e. The highest BCUT2D eigenvalue weighted by atomic mass is 28.4. The SMILES string of the molecule is CC(C)(C)[Si](C)(C)OCCCNc1cnc2ccccc2c1N. The van der Waals surface area contributed by atoms with Gasteiger partial charge in [0.25, 0.3) is 0 Å². The normalized spacial score (nSPS) is 12.6. The van der Waals surface area contributed by atoms with Gasteiger partial charge in [-0.3, -0.25) is 4.98 Å². The molecule has 0 aliphatic heterocycles. The van der Waals surface area contributed by atoms with E-state index >= 15 is 0 Å². The van der Waals surface area contributed by atoms with Crippen LogP contribution in [-0.4, -0.2) is 26.5 Å². The second kappa shape index (κ2) is 6.89. The topological polar surface area (TPSA) is 60.2 Å². The molecule has 0 saturated carbocycles. The second-order valence-corrected chi connectivity index (χ2v) is 12.3. The molecular weight excluding hydrogens is 302 g/mol. The van der Waals surface area contributed by atoms with E-state index in [1.54, 1.807) is 0 Å². The lowest BCUT2D eigenvalue weighted by atomic mass is 10.1. The lowest BCUT2D eigenvalue weighted by molar-refractivity contribution is 0.286. The van der Waals surface area contributed by atoms with Crippen molar-refractivity contribution in [1.29, 1.82) is 0 Å². The van der Waals surface area contributed by atoms with Gasteiger partial charge in [0.05, 0.1) is 23.1 Å². The predicted molar refractivity (Wildman–Crippen MR) is 102 cm³/mol. The van der Waals surface area contributed by atoms with Gasteiger partial charge < -0.3 is 15.5 Å². The van der Waals surface area contributed by atoms with E-state index in [-0.39, 0.29) is 5.04 Å². The molecule has 0 spiro atoms. The van der Waals surface area contributed by atoms with E-state index in [2.05, 4.69) is 44.2 Å². The molecule has 0 atom stereocenters. The van der Waals surface area contributed by atoms with Crippen LogP contribution >= 0.6 is 0 Å². The molecule has 0 saturated heterocycles. The number of pyridine rings is 1. The molecule has 1 aromatic heterocycles. The monoisotopic (exact) mass is 331 g/mol. The van der Waals surface area contributed by atoms with Crippen LogP contribution in [0.5, 0.6) is 0 Å². The van der Waals surface area contributed by atoms with E-state index in [0.717, 1.165) is 41.9 Å². The fourth-order valence-electron chi connectivity index (χ4n) is 2.14. The minimum absolute atomic E-state index is 0.257. The molecule has 5 heteroatoms. The maximum Gasteiger partial charge on any atom is 0.191 e. The molecule has 4 nitrogen and oxygen atoms in total. The first-order valence-electron chi connectivity index (χ1n) is 8.23. The first kappa shape index (κ1) is 17.8.